The Balaban J connectivity index is 2.15. The number of likely N-dealkylation sites (N-methyl/N-ethyl adjacent to an activating group) is 1. The lowest BCUT2D eigenvalue weighted by molar-refractivity contribution is -0.141. The summed E-state index contributed by atoms with van der Waals surface area (Å²) in [5.74, 6) is -1.29. The van der Waals surface area contributed by atoms with E-state index < -0.39 is 17.6 Å². The lowest BCUT2D eigenvalue weighted by atomic mass is 9.81. The summed E-state index contributed by atoms with van der Waals surface area (Å²) in [6.45, 7) is 1.57. The third-order valence-corrected chi connectivity index (χ3v) is 4.63. The fourth-order valence-corrected chi connectivity index (χ4v) is 3.13. The van der Waals surface area contributed by atoms with Crippen LogP contribution in [-0.4, -0.2) is 40.6 Å². The van der Waals surface area contributed by atoms with Gasteiger partial charge in [-0.1, -0.05) is 31.4 Å². The predicted octanol–water partition coefficient (Wildman–Crippen LogP) is 2.84. The van der Waals surface area contributed by atoms with Gasteiger partial charge in [-0.25, -0.2) is 4.79 Å². The van der Waals surface area contributed by atoms with E-state index in [0.717, 1.165) is 19.3 Å². The summed E-state index contributed by atoms with van der Waals surface area (Å²) in [5, 5.41) is 18.8. The number of nitriles is 1. The van der Waals surface area contributed by atoms with E-state index in [1.54, 1.807) is 26.1 Å². The number of rotatable bonds is 5. The highest BCUT2D eigenvalue weighted by atomic mass is 16.5. The number of hydrogen-bond acceptors (Lipinski definition) is 4. The molecular formula is C18H22N2O4. The van der Waals surface area contributed by atoms with Crippen molar-refractivity contribution in [1.82, 2.24) is 4.90 Å². The zero-order chi connectivity index (χ0) is 17.7. The van der Waals surface area contributed by atoms with E-state index in [1.165, 1.54) is 17.0 Å². The number of para-hydroxylation sites is 1. The molecule has 1 amide bonds. The molecular weight excluding hydrogens is 308 g/mol. The highest BCUT2D eigenvalue weighted by molar-refractivity contribution is 5.91. The van der Waals surface area contributed by atoms with Crippen LogP contribution in [0.15, 0.2) is 24.3 Å². The maximum absolute atomic E-state index is 12.7. The molecule has 1 aromatic rings. The van der Waals surface area contributed by atoms with E-state index >= 15 is 0 Å². The fraction of sp³-hybridized carbons (Fsp3) is 0.500. The standard InChI is InChI=1S/C18H22N2O4/c1-13(24-15-9-5-4-8-14(15)17(22)23)16(21)20(2)18(12-19)10-6-3-7-11-18/h4-5,8-9,13H,3,6-7,10-11H2,1-2H3,(H,22,23). The molecule has 0 aromatic heterocycles. The van der Waals surface area contributed by atoms with E-state index in [1.807, 2.05) is 0 Å². The Morgan fingerprint density at radius 2 is 1.92 bits per heavy atom. The van der Waals surface area contributed by atoms with Crippen LogP contribution in [0, 0.1) is 11.3 Å². The maximum Gasteiger partial charge on any atom is 0.339 e. The first-order chi connectivity index (χ1) is 11.4. The topological polar surface area (TPSA) is 90.6 Å². The molecule has 0 heterocycles. The molecule has 1 aliphatic rings. The predicted molar refractivity (Wildman–Crippen MR) is 87.7 cm³/mol. The van der Waals surface area contributed by atoms with Crippen molar-refractivity contribution in [3.8, 4) is 11.8 Å². The molecule has 1 saturated carbocycles. The van der Waals surface area contributed by atoms with Crippen LogP contribution in [0.5, 0.6) is 5.75 Å². The number of carbonyl (C=O) groups excluding carboxylic acids is 1. The maximum atomic E-state index is 12.7. The third-order valence-electron chi connectivity index (χ3n) is 4.63. The summed E-state index contributed by atoms with van der Waals surface area (Å²) >= 11 is 0. The molecule has 0 aliphatic heterocycles. The smallest absolute Gasteiger partial charge is 0.339 e. The van der Waals surface area contributed by atoms with Crippen LogP contribution >= 0.6 is 0 Å². The summed E-state index contributed by atoms with van der Waals surface area (Å²) in [5.41, 5.74) is -0.785. The first-order valence-electron chi connectivity index (χ1n) is 8.09. The van der Waals surface area contributed by atoms with Crippen LogP contribution in [0.25, 0.3) is 0 Å². The highest BCUT2D eigenvalue weighted by Crippen LogP contribution is 2.33. The summed E-state index contributed by atoms with van der Waals surface area (Å²) in [6, 6.07) is 8.50. The number of amides is 1. The second-order valence-corrected chi connectivity index (χ2v) is 6.16. The highest BCUT2D eigenvalue weighted by Gasteiger charge is 2.40. The third kappa shape index (κ3) is 3.51. The van der Waals surface area contributed by atoms with Gasteiger partial charge in [0.25, 0.3) is 5.91 Å². The Labute approximate surface area is 141 Å². The molecule has 1 N–H and O–H groups in total. The number of ether oxygens (including phenoxy) is 1. The molecule has 128 valence electrons. The number of carbonyl (C=O) groups is 2. The SMILES string of the molecule is CC(Oc1ccccc1C(=O)O)C(=O)N(C)C1(C#N)CCCCC1. The molecule has 2 rings (SSSR count). The van der Waals surface area contributed by atoms with Crippen molar-refractivity contribution >= 4 is 11.9 Å². The van der Waals surface area contributed by atoms with Crippen molar-refractivity contribution in [2.75, 3.05) is 7.05 Å². The molecule has 1 aromatic carbocycles. The summed E-state index contributed by atoms with van der Waals surface area (Å²) < 4.78 is 5.59. The van der Waals surface area contributed by atoms with Crippen LogP contribution in [0.4, 0.5) is 0 Å². The van der Waals surface area contributed by atoms with Crippen LogP contribution in [0.3, 0.4) is 0 Å². The Hall–Kier alpha value is -2.55. The van der Waals surface area contributed by atoms with Crippen LogP contribution in [0.1, 0.15) is 49.4 Å². The van der Waals surface area contributed by atoms with Crippen molar-refractivity contribution in [2.24, 2.45) is 0 Å². The number of nitrogens with zero attached hydrogens (tertiary/aromatic N) is 2. The number of carboxylic acids is 1. The Bertz CT molecular complexity index is 659. The van der Waals surface area contributed by atoms with Crippen LogP contribution in [0.2, 0.25) is 0 Å². The fourth-order valence-electron chi connectivity index (χ4n) is 3.13. The number of hydrogen-bond donors (Lipinski definition) is 1. The van der Waals surface area contributed by atoms with Gasteiger partial charge < -0.3 is 14.7 Å². The Morgan fingerprint density at radius 1 is 1.29 bits per heavy atom. The van der Waals surface area contributed by atoms with Gasteiger partial charge in [-0.15, -0.1) is 0 Å². The van der Waals surface area contributed by atoms with Crippen molar-refractivity contribution in [1.29, 1.82) is 5.26 Å². The first kappa shape index (κ1) is 17.8. The van der Waals surface area contributed by atoms with E-state index in [9.17, 15) is 20.0 Å². The average molecular weight is 330 g/mol. The lowest BCUT2D eigenvalue weighted by Crippen LogP contribution is -2.53. The van der Waals surface area contributed by atoms with E-state index in [4.69, 9.17) is 4.74 Å². The largest absolute Gasteiger partial charge is 0.480 e. The molecule has 6 heteroatoms. The monoisotopic (exact) mass is 330 g/mol. The van der Waals surface area contributed by atoms with Gasteiger partial charge in [0.1, 0.15) is 16.9 Å². The van der Waals surface area contributed by atoms with Gasteiger partial charge >= 0.3 is 5.97 Å². The first-order valence-corrected chi connectivity index (χ1v) is 8.09. The molecule has 24 heavy (non-hydrogen) atoms. The van der Waals surface area contributed by atoms with Crippen LogP contribution < -0.4 is 4.74 Å². The van der Waals surface area contributed by atoms with Gasteiger partial charge in [-0.05, 0) is 31.9 Å². The molecule has 0 spiro atoms. The van der Waals surface area contributed by atoms with Gasteiger partial charge in [-0.3, -0.25) is 4.79 Å². The molecule has 0 radical (unpaired) electrons. The van der Waals surface area contributed by atoms with E-state index in [0.29, 0.717) is 12.8 Å². The Kier molecular flexibility index (Phi) is 5.45. The quantitative estimate of drug-likeness (QED) is 0.896. The minimum Gasteiger partial charge on any atom is -0.480 e. The van der Waals surface area contributed by atoms with Gasteiger partial charge in [0.05, 0.1) is 6.07 Å². The number of aromatic carboxylic acids is 1. The minimum absolute atomic E-state index is 0.00691. The second kappa shape index (κ2) is 7.35. The van der Waals surface area contributed by atoms with Gasteiger partial charge in [0.15, 0.2) is 6.10 Å². The minimum atomic E-state index is -1.11. The van der Waals surface area contributed by atoms with Crippen molar-refractivity contribution < 1.29 is 19.4 Å². The van der Waals surface area contributed by atoms with E-state index in [2.05, 4.69) is 6.07 Å². The van der Waals surface area contributed by atoms with Gasteiger partial charge in [-0.2, -0.15) is 5.26 Å². The number of carboxylic acid groups (broad SMARTS) is 1. The Morgan fingerprint density at radius 3 is 2.50 bits per heavy atom. The molecule has 0 saturated heterocycles. The summed E-state index contributed by atoms with van der Waals surface area (Å²) in [7, 11) is 1.62. The zero-order valence-corrected chi connectivity index (χ0v) is 14.0. The van der Waals surface area contributed by atoms with Gasteiger partial charge in [0, 0.05) is 7.05 Å². The zero-order valence-electron chi connectivity index (χ0n) is 14.0. The van der Waals surface area contributed by atoms with Crippen LogP contribution in [-0.2, 0) is 4.79 Å². The molecule has 1 fully saturated rings. The molecule has 6 nitrogen and oxygen atoms in total. The second-order valence-electron chi connectivity index (χ2n) is 6.16. The molecule has 1 unspecified atom stereocenters. The van der Waals surface area contributed by atoms with Crippen molar-refractivity contribution in [2.45, 2.75) is 50.7 Å². The molecule has 1 atom stereocenters. The van der Waals surface area contributed by atoms with Crippen molar-refractivity contribution in [3.05, 3.63) is 29.8 Å². The molecule has 1 aliphatic carbocycles. The van der Waals surface area contributed by atoms with Gasteiger partial charge in [0.2, 0.25) is 0 Å². The average Bonchev–Trinajstić information content (AvgIpc) is 2.61. The molecule has 0 bridgehead atoms. The van der Waals surface area contributed by atoms with Crippen molar-refractivity contribution in [3.63, 3.8) is 0 Å². The summed E-state index contributed by atoms with van der Waals surface area (Å²) in [4.78, 5) is 25.4. The normalized spacial score (nSPS) is 17.4. The number of benzene rings is 1. The lowest BCUT2D eigenvalue weighted by Gasteiger charge is -2.40. The van der Waals surface area contributed by atoms with E-state index in [-0.39, 0.29) is 17.2 Å². The summed E-state index contributed by atoms with van der Waals surface area (Å²) in [6.07, 6.45) is 3.35.